The van der Waals surface area contributed by atoms with E-state index in [4.69, 9.17) is 17.3 Å². The van der Waals surface area contributed by atoms with Crippen molar-refractivity contribution in [3.05, 3.63) is 41.2 Å². The van der Waals surface area contributed by atoms with Crippen molar-refractivity contribution in [2.24, 2.45) is 0 Å². The van der Waals surface area contributed by atoms with Gasteiger partial charge in [0.05, 0.1) is 23.1 Å². The third kappa shape index (κ3) is 2.67. The Morgan fingerprint density at radius 3 is 2.82 bits per heavy atom. The van der Waals surface area contributed by atoms with Crippen LogP contribution in [0.2, 0.25) is 5.02 Å². The highest BCUT2D eigenvalue weighted by Crippen LogP contribution is 2.19. The zero-order valence-corrected chi connectivity index (χ0v) is 9.35. The average Bonchev–Trinajstić information content (AvgIpc) is 2.34. The van der Waals surface area contributed by atoms with E-state index in [-0.39, 0.29) is 11.9 Å². The minimum absolute atomic E-state index is 0.130. The summed E-state index contributed by atoms with van der Waals surface area (Å²) < 4.78 is 0. The number of hydrogen-bond donors (Lipinski definition) is 2. The van der Waals surface area contributed by atoms with Gasteiger partial charge in [0, 0.05) is 5.56 Å². The molecule has 0 aliphatic carbocycles. The van der Waals surface area contributed by atoms with Gasteiger partial charge < -0.3 is 5.73 Å². The normalized spacial score (nSPS) is 9.94. The molecule has 1 heterocycles. The highest BCUT2D eigenvalue weighted by molar-refractivity contribution is 6.33. The molecule has 0 fully saturated rings. The van der Waals surface area contributed by atoms with Crippen LogP contribution < -0.4 is 11.1 Å². The van der Waals surface area contributed by atoms with Crippen LogP contribution in [0.4, 0.5) is 11.6 Å². The summed E-state index contributed by atoms with van der Waals surface area (Å²) in [4.78, 5) is 15.6. The molecule has 6 nitrogen and oxygen atoms in total. The first-order valence-corrected chi connectivity index (χ1v) is 5.04. The van der Waals surface area contributed by atoms with Crippen LogP contribution in [0.3, 0.4) is 0 Å². The topological polar surface area (TPSA) is 93.8 Å². The Bertz CT molecular complexity index is 546. The zero-order chi connectivity index (χ0) is 12.3. The molecule has 0 unspecified atom stereocenters. The minimum Gasteiger partial charge on any atom is -0.398 e. The first-order valence-electron chi connectivity index (χ1n) is 4.67. The van der Waals surface area contributed by atoms with Crippen LogP contribution in [-0.4, -0.2) is 21.1 Å². The maximum absolute atomic E-state index is 11.8. The summed E-state index contributed by atoms with van der Waals surface area (Å²) in [5, 5.41) is 10.0. The number of halogens is 1. The lowest BCUT2D eigenvalue weighted by Crippen LogP contribution is -2.14. The summed E-state index contributed by atoms with van der Waals surface area (Å²) in [6, 6.07) is 4.59. The number of carbonyl (C=O) groups excluding carboxylic acids is 1. The summed E-state index contributed by atoms with van der Waals surface area (Å²) in [7, 11) is 0. The number of nitrogens with two attached hydrogens (primary N) is 1. The lowest BCUT2D eigenvalue weighted by atomic mass is 10.2. The molecule has 0 spiro atoms. The van der Waals surface area contributed by atoms with E-state index in [2.05, 4.69) is 20.5 Å². The molecule has 0 aliphatic rings. The standard InChI is InChI=1S/C10H8ClN5O/c11-7-5-6(1-2-8(7)12)9(17)15-10-13-3-4-14-16-10/h1-5H,12H2,(H,13,15,16,17). The number of nitrogens with zero attached hydrogens (tertiary/aromatic N) is 3. The minimum atomic E-state index is -0.375. The fraction of sp³-hybridized carbons (Fsp3) is 0. The third-order valence-electron chi connectivity index (χ3n) is 1.97. The first kappa shape index (κ1) is 11.3. The Hall–Kier alpha value is -2.21. The Morgan fingerprint density at radius 2 is 2.18 bits per heavy atom. The van der Waals surface area contributed by atoms with Gasteiger partial charge in [0.2, 0.25) is 5.95 Å². The summed E-state index contributed by atoms with van der Waals surface area (Å²) in [6.07, 6.45) is 2.84. The molecule has 2 aromatic rings. The van der Waals surface area contributed by atoms with E-state index in [1.165, 1.54) is 18.5 Å². The average molecular weight is 250 g/mol. The second kappa shape index (κ2) is 4.75. The van der Waals surface area contributed by atoms with Crippen molar-refractivity contribution < 1.29 is 4.79 Å². The van der Waals surface area contributed by atoms with Gasteiger partial charge in [-0.05, 0) is 18.2 Å². The van der Waals surface area contributed by atoms with E-state index >= 15 is 0 Å². The van der Waals surface area contributed by atoms with Crippen molar-refractivity contribution in [2.75, 3.05) is 11.1 Å². The Morgan fingerprint density at radius 1 is 1.35 bits per heavy atom. The molecule has 0 saturated heterocycles. The lowest BCUT2D eigenvalue weighted by molar-refractivity contribution is 0.102. The van der Waals surface area contributed by atoms with Gasteiger partial charge in [-0.25, -0.2) is 4.98 Å². The Labute approximate surface area is 102 Å². The van der Waals surface area contributed by atoms with E-state index in [9.17, 15) is 4.79 Å². The van der Waals surface area contributed by atoms with E-state index in [0.717, 1.165) is 0 Å². The third-order valence-corrected chi connectivity index (χ3v) is 2.30. The molecular formula is C10H8ClN5O. The van der Waals surface area contributed by atoms with Gasteiger partial charge in [-0.15, -0.1) is 5.10 Å². The number of carbonyl (C=O) groups is 1. The van der Waals surface area contributed by atoms with Crippen LogP contribution in [0.5, 0.6) is 0 Å². The summed E-state index contributed by atoms with van der Waals surface area (Å²) >= 11 is 5.81. The van der Waals surface area contributed by atoms with Crippen LogP contribution in [0, 0.1) is 0 Å². The second-order valence-electron chi connectivity index (χ2n) is 3.16. The van der Waals surface area contributed by atoms with Gasteiger partial charge in [0.1, 0.15) is 0 Å². The molecule has 7 heteroatoms. The van der Waals surface area contributed by atoms with Crippen LogP contribution in [0.1, 0.15) is 10.4 Å². The number of nitrogen functional groups attached to an aromatic ring is 1. The number of benzene rings is 1. The molecule has 1 aromatic carbocycles. The van der Waals surface area contributed by atoms with E-state index in [1.54, 1.807) is 12.1 Å². The lowest BCUT2D eigenvalue weighted by Gasteiger charge is -2.04. The van der Waals surface area contributed by atoms with Gasteiger partial charge in [-0.1, -0.05) is 11.6 Å². The van der Waals surface area contributed by atoms with Gasteiger partial charge >= 0.3 is 0 Å². The zero-order valence-electron chi connectivity index (χ0n) is 8.59. The van der Waals surface area contributed by atoms with E-state index < -0.39 is 0 Å². The highest BCUT2D eigenvalue weighted by atomic mass is 35.5. The number of aromatic nitrogens is 3. The smallest absolute Gasteiger partial charge is 0.258 e. The van der Waals surface area contributed by atoms with Crippen molar-refractivity contribution in [1.29, 1.82) is 0 Å². The quantitative estimate of drug-likeness (QED) is 0.784. The number of anilines is 2. The molecule has 0 saturated carbocycles. The number of amides is 1. The Kier molecular flexibility index (Phi) is 3.15. The molecule has 1 amide bonds. The van der Waals surface area contributed by atoms with Gasteiger partial charge in [-0.2, -0.15) is 5.10 Å². The van der Waals surface area contributed by atoms with Gasteiger partial charge in [-0.3, -0.25) is 10.1 Å². The van der Waals surface area contributed by atoms with Gasteiger partial charge in [0.25, 0.3) is 5.91 Å². The van der Waals surface area contributed by atoms with Crippen LogP contribution in [-0.2, 0) is 0 Å². The van der Waals surface area contributed by atoms with Crippen molar-refractivity contribution in [2.45, 2.75) is 0 Å². The summed E-state index contributed by atoms with van der Waals surface area (Å²) in [5.41, 5.74) is 6.33. The molecule has 2 rings (SSSR count). The maximum atomic E-state index is 11.8. The molecule has 0 aliphatic heterocycles. The number of hydrogen-bond acceptors (Lipinski definition) is 5. The van der Waals surface area contributed by atoms with E-state index in [1.807, 2.05) is 0 Å². The fourth-order valence-electron chi connectivity index (χ4n) is 1.15. The number of nitrogens with one attached hydrogen (secondary N) is 1. The monoisotopic (exact) mass is 249 g/mol. The highest BCUT2D eigenvalue weighted by Gasteiger charge is 2.09. The second-order valence-corrected chi connectivity index (χ2v) is 3.56. The summed E-state index contributed by atoms with van der Waals surface area (Å²) in [6.45, 7) is 0. The van der Waals surface area contributed by atoms with Crippen molar-refractivity contribution in [1.82, 2.24) is 15.2 Å². The molecule has 0 radical (unpaired) electrons. The van der Waals surface area contributed by atoms with Crippen LogP contribution in [0.25, 0.3) is 0 Å². The predicted molar refractivity (Wildman–Crippen MR) is 63.6 cm³/mol. The molecule has 86 valence electrons. The van der Waals surface area contributed by atoms with Crippen LogP contribution in [0.15, 0.2) is 30.6 Å². The molecule has 1 aromatic heterocycles. The van der Waals surface area contributed by atoms with Gasteiger partial charge in [0.15, 0.2) is 0 Å². The summed E-state index contributed by atoms with van der Waals surface area (Å²) in [5.74, 6) is -0.245. The Balaban J connectivity index is 2.18. The van der Waals surface area contributed by atoms with Crippen molar-refractivity contribution in [3.8, 4) is 0 Å². The maximum Gasteiger partial charge on any atom is 0.258 e. The molecule has 3 N–H and O–H groups in total. The van der Waals surface area contributed by atoms with Crippen LogP contribution >= 0.6 is 11.6 Å². The molecule has 17 heavy (non-hydrogen) atoms. The van der Waals surface area contributed by atoms with E-state index in [0.29, 0.717) is 16.3 Å². The molecule has 0 atom stereocenters. The number of rotatable bonds is 2. The van der Waals surface area contributed by atoms with Crippen molar-refractivity contribution >= 4 is 29.1 Å². The molecular weight excluding hydrogens is 242 g/mol. The first-order chi connectivity index (χ1) is 8.16. The SMILES string of the molecule is Nc1ccc(C(=O)Nc2nccnn2)cc1Cl. The fourth-order valence-corrected chi connectivity index (χ4v) is 1.33. The predicted octanol–water partition coefficient (Wildman–Crippen LogP) is 1.36. The van der Waals surface area contributed by atoms with Crippen molar-refractivity contribution in [3.63, 3.8) is 0 Å². The largest absolute Gasteiger partial charge is 0.398 e. The molecule has 0 bridgehead atoms.